The number of hydrogen-bond donors (Lipinski definition) is 0. The van der Waals surface area contributed by atoms with Gasteiger partial charge in [0, 0.05) is 35.5 Å². The average Bonchev–Trinajstić information content (AvgIpc) is 3.63. The second-order valence-electron chi connectivity index (χ2n) is 16.7. The summed E-state index contributed by atoms with van der Waals surface area (Å²) in [5.74, 6) is 2.09. The number of hydrogen-bond acceptors (Lipinski definition) is 0. The lowest BCUT2D eigenvalue weighted by molar-refractivity contribution is 0.623. The van der Waals surface area contributed by atoms with Crippen molar-refractivity contribution in [1.29, 1.82) is 0 Å². The third kappa shape index (κ3) is 5.29. The fraction of sp³-hybridized carbons (Fsp3) is 0.103. The zero-order valence-electron chi connectivity index (χ0n) is 32.2. The Labute approximate surface area is 340 Å². The van der Waals surface area contributed by atoms with Crippen LogP contribution in [0.1, 0.15) is 22.3 Å². The van der Waals surface area contributed by atoms with Crippen molar-refractivity contribution >= 4 is 33.1 Å². The quantitative estimate of drug-likeness (QED) is 0.165. The molecule has 6 atom stereocenters. The minimum absolute atomic E-state index is 0.152. The topological polar surface area (TPSA) is 0 Å². The van der Waals surface area contributed by atoms with Gasteiger partial charge in [0.1, 0.15) is 0 Å². The molecule has 0 aromatic heterocycles. The van der Waals surface area contributed by atoms with Crippen LogP contribution in [0.3, 0.4) is 0 Å². The van der Waals surface area contributed by atoms with Crippen LogP contribution in [0, 0.1) is 35.5 Å². The highest BCUT2D eigenvalue weighted by Crippen LogP contribution is 2.57. The second kappa shape index (κ2) is 13.4. The van der Waals surface area contributed by atoms with E-state index in [1.54, 1.807) is 11.1 Å². The van der Waals surface area contributed by atoms with Crippen LogP contribution in [0.25, 0.3) is 44.2 Å². The molecule has 1 fully saturated rings. The summed E-state index contributed by atoms with van der Waals surface area (Å²) < 4.78 is 0. The van der Waals surface area contributed by atoms with Crippen molar-refractivity contribution in [1.82, 2.24) is 0 Å². The molecule has 12 rings (SSSR count). The Morgan fingerprint density at radius 1 is 0.345 bits per heavy atom. The maximum atomic E-state index is 2.55. The van der Waals surface area contributed by atoms with E-state index in [9.17, 15) is 0 Å². The monoisotopic (exact) mass is 738 g/mol. The minimum atomic E-state index is 0.152. The van der Waals surface area contributed by atoms with Gasteiger partial charge in [0.15, 0.2) is 0 Å². The normalized spacial score (nSPS) is 24.6. The van der Waals surface area contributed by atoms with E-state index in [0.717, 1.165) is 0 Å². The lowest BCUT2D eigenvalue weighted by Gasteiger charge is -2.35. The molecule has 58 heavy (non-hydrogen) atoms. The molecule has 6 aromatic rings. The third-order valence-corrected chi connectivity index (χ3v) is 13.7. The van der Waals surface area contributed by atoms with Crippen LogP contribution in [0.2, 0.25) is 0 Å². The Hall–Kier alpha value is -6.76. The maximum absolute atomic E-state index is 2.55. The molecule has 6 aliphatic rings. The fourth-order valence-corrected chi connectivity index (χ4v) is 11.1. The van der Waals surface area contributed by atoms with Crippen LogP contribution in [-0.2, 0) is 0 Å². The molecule has 1 saturated carbocycles. The van der Waals surface area contributed by atoms with Gasteiger partial charge < -0.3 is 0 Å². The van der Waals surface area contributed by atoms with Crippen molar-refractivity contribution in [2.24, 2.45) is 35.5 Å². The zero-order chi connectivity index (χ0) is 38.2. The average molecular weight is 739 g/mol. The van der Waals surface area contributed by atoms with Gasteiger partial charge in [-0.25, -0.2) is 0 Å². The lowest BCUT2D eigenvalue weighted by atomic mass is 9.68. The summed E-state index contributed by atoms with van der Waals surface area (Å²) in [6, 6.07) is 54.4. The molecule has 6 aliphatic carbocycles. The van der Waals surface area contributed by atoms with E-state index < -0.39 is 0 Å². The highest BCUT2D eigenvalue weighted by molar-refractivity contribution is 5.91. The molecule has 0 spiro atoms. The fourth-order valence-electron chi connectivity index (χ4n) is 11.1. The predicted octanol–water partition coefficient (Wildman–Crippen LogP) is 12.2. The summed E-state index contributed by atoms with van der Waals surface area (Å²) in [6.07, 6.45) is 28.7. The molecule has 0 radical (unpaired) electrons. The number of fused-ring (bicyclic) bond motifs is 6. The Bertz CT molecular complexity index is 3050. The molecular weight excluding hydrogens is 697 g/mol. The Morgan fingerprint density at radius 3 is 1.78 bits per heavy atom. The van der Waals surface area contributed by atoms with Crippen LogP contribution >= 0.6 is 0 Å². The molecule has 6 aromatic carbocycles. The summed E-state index contributed by atoms with van der Waals surface area (Å²) in [5.41, 5.74) is 16.3. The Morgan fingerprint density at radius 2 is 0.983 bits per heavy atom. The van der Waals surface area contributed by atoms with E-state index in [1.807, 2.05) is 0 Å². The van der Waals surface area contributed by atoms with E-state index in [0.29, 0.717) is 23.7 Å². The van der Waals surface area contributed by atoms with Crippen LogP contribution in [-0.4, -0.2) is 0 Å². The lowest BCUT2D eigenvalue weighted by Crippen LogP contribution is -2.40. The van der Waals surface area contributed by atoms with E-state index in [1.165, 1.54) is 76.9 Å². The summed E-state index contributed by atoms with van der Waals surface area (Å²) in [5, 5.41) is 5.18. The molecular formula is C58H42. The van der Waals surface area contributed by atoms with Gasteiger partial charge in [-0.1, -0.05) is 218 Å². The first-order valence-electron chi connectivity index (χ1n) is 20.9. The van der Waals surface area contributed by atoms with Gasteiger partial charge in [-0.3, -0.25) is 0 Å². The SMILES string of the molecule is C1=CC2C3=CC=CC4C(c5ccc(C6=c7ccc(-c8ccccc8)cc7=C(c7ccc8ccccc8c7)C7C=CC(c8ccccc8)=CC67)cc5)=CC=C(C2C=C1)C34. The molecule has 0 nitrogen and oxygen atoms in total. The van der Waals surface area contributed by atoms with Crippen molar-refractivity contribution in [2.75, 3.05) is 0 Å². The first kappa shape index (κ1) is 33.4. The zero-order valence-corrected chi connectivity index (χ0v) is 32.2. The van der Waals surface area contributed by atoms with Crippen molar-refractivity contribution in [3.63, 3.8) is 0 Å². The van der Waals surface area contributed by atoms with E-state index in [-0.39, 0.29) is 11.8 Å². The van der Waals surface area contributed by atoms with Gasteiger partial charge in [0.25, 0.3) is 0 Å². The smallest absolute Gasteiger partial charge is 0.0143 e. The molecule has 0 heteroatoms. The van der Waals surface area contributed by atoms with Gasteiger partial charge in [-0.2, -0.15) is 0 Å². The summed E-state index contributed by atoms with van der Waals surface area (Å²) in [6.45, 7) is 0. The van der Waals surface area contributed by atoms with E-state index >= 15 is 0 Å². The largest absolute Gasteiger partial charge is 0.0764 e. The van der Waals surface area contributed by atoms with Gasteiger partial charge in [-0.05, 0) is 89.0 Å². The van der Waals surface area contributed by atoms with Crippen LogP contribution in [0.4, 0.5) is 0 Å². The molecule has 0 amide bonds. The summed E-state index contributed by atoms with van der Waals surface area (Å²) >= 11 is 0. The second-order valence-corrected chi connectivity index (χ2v) is 16.7. The summed E-state index contributed by atoms with van der Waals surface area (Å²) in [7, 11) is 0. The molecule has 0 saturated heterocycles. The standard InChI is InChI=1S/C58H42/c1-3-12-37(13-4-1)43-29-31-53-54(35-43)56(41-25-23-40(24-26-41)46-32-33-51-48-19-10-9-18-47(48)50-21-11-20-49(46)58(50)51)52-30-28-44(38-14-5-2-6-15-38)36-55(52)57(53)45-27-22-39-16-7-8-17-42(39)34-45/h1-36,47-49,53-54,58H. The van der Waals surface area contributed by atoms with Gasteiger partial charge in [-0.15, -0.1) is 0 Å². The van der Waals surface area contributed by atoms with Crippen molar-refractivity contribution < 1.29 is 0 Å². The van der Waals surface area contributed by atoms with Crippen molar-refractivity contribution in [3.05, 3.63) is 262 Å². The number of benzene rings is 6. The Balaban J connectivity index is 1.06. The molecule has 0 aliphatic heterocycles. The molecule has 6 unspecified atom stereocenters. The van der Waals surface area contributed by atoms with Crippen molar-refractivity contribution in [2.45, 2.75) is 0 Å². The first-order valence-corrected chi connectivity index (χ1v) is 20.9. The predicted molar refractivity (Wildman–Crippen MR) is 243 cm³/mol. The highest BCUT2D eigenvalue weighted by Gasteiger charge is 2.46. The first-order chi connectivity index (χ1) is 28.8. The van der Waals surface area contributed by atoms with Gasteiger partial charge >= 0.3 is 0 Å². The van der Waals surface area contributed by atoms with E-state index in [4.69, 9.17) is 0 Å². The van der Waals surface area contributed by atoms with Gasteiger partial charge in [0.2, 0.25) is 0 Å². The van der Waals surface area contributed by atoms with E-state index in [2.05, 4.69) is 219 Å². The van der Waals surface area contributed by atoms with Gasteiger partial charge in [0.05, 0.1) is 0 Å². The Kier molecular flexibility index (Phi) is 7.73. The molecule has 0 bridgehead atoms. The van der Waals surface area contributed by atoms with Crippen LogP contribution < -0.4 is 10.4 Å². The minimum Gasteiger partial charge on any atom is -0.0764 e. The summed E-state index contributed by atoms with van der Waals surface area (Å²) in [4.78, 5) is 0. The molecule has 274 valence electrons. The molecule has 0 N–H and O–H groups in total. The number of allylic oxidation sites excluding steroid dienone is 16. The van der Waals surface area contributed by atoms with Crippen LogP contribution in [0.5, 0.6) is 0 Å². The highest BCUT2D eigenvalue weighted by atomic mass is 14.5. The third-order valence-electron chi connectivity index (χ3n) is 13.7. The van der Waals surface area contributed by atoms with Crippen LogP contribution in [0.15, 0.2) is 230 Å². The van der Waals surface area contributed by atoms with Crippen molar-refractivity contribution in [3.8, 4) is 11.1 Å². The molecule has 0 heterocycles. The maximum Gasteiger partial charge on any atom is 0.0143 e. The number of rotatable bonds is 5.